The standard InChI is InChI=1S/C15H21N5O4.ClH/c1-11(21)18-6-8-19(9-7-18)13-3-2-12(10-14(13)20(23)24)15(22)17-5-4-16;/h2-3,10H,4-9,16H2,1H3,(H,17,22);1H. The van der Waals surface area contributed by atoms with Gasteiger partial charge in [-0.2, -0.15) is 0 Å². The van der Waals surface area contributed by atoms with Crippen LogP contribution in [0, 0.1) is 10.1 Å². The minimum Gasteiger partial charge on any atom is -0.362 e. The van der Waals surface area contributed by atoms with E-state index in [-0.39, 0.29) is 29.6 Å². The van der Waals surface area contributed by atoms with Crippen molar-refractivity contribution in [3.8, 4) is 0 Å². The Morgan fingerprint density at radius 1 is 1.28 bits per heavy atom. The van der Waals surface area contributed by atoms with Gasteiger partial charge >= 0.3 is 0 Å². The van der Waals surface area contributed by atoms with Crippen LogP contribution in [0.3, 0.4) is 0 Å². The Hall–Kier alpha value is -2.39. The predicted molar refractivity (Wildman–Crippen MR) is 96.2 cm³/mol. The number of benzene rings is 1. The van der Waals surface area contributed by atoms with E-state index >= 15 is 0 Å². The molecule has 3 N–H and O–H groups in total. The maximum atomic E-state index is 11.9. The topological polar surface area (TPSA) is 122 Å². The Morgan fingerprint density at radius 3 is 2.44 bits per heavy atom. The van der Waals surface area contributed by atoms with E-state index in [0.29, 0.717) is 45.0 Å². The molecular weight excluding hydrogens is 350 g/mol. The van der Waals surface area contributed by atoms with E-state index < -0.39 is 10.8 Å². The number of nitrogens with one attached hydrogen (secondary N) is 1. The van der Waals surface area contributed by atoms with Crippen LogP contribution in [0.4, 0.5) is 11.4 Å². The number of carbonyl (C=O) groups is 2. The summed E-state index contributed by atoms with van der Waals surface area (Å²) in [6, 6.07) is 4.42. The van der Waals surface area contributed by atoms with Gasteiger partial charge in [-0.1, -0.05) is 0 Å². The van der Waals surface area contributed by atoms with Gasteiger partial charge in [0.25, 0.3) is 11.6 Å². The average molecular weight is 372 g/mol. The van der Waals surface area contributed by atoms with Gasteiger partial charge in [-0.3, -0.25) is 19.7 Å². The summed E-state index contributed by atoms with van der Waals surface area (Å²) in [6.07, 6.45) is 0. The largest absolute Gasteiger partial charge is 0.362 e. The SMILES string of the molecule is CC(=O)N1CCN(c2ccc(C(=O)NCCN)cc2[N+](=O)[O-])CC1.Cl. The second kappa shape index (κ2) is 9.19. The van der Waals surface area contributed by atoms with Crippen LogP contribution in [0.15, 0.2) is 18.2 Å². The molecule has 0 aromatic heterocycles. The van der Waals surface area contributed by atoms with Crippen LogP contribution < -0.4 is 16.0 Å². The lowest BCUT2D eigenvalue weighted by molar-refractivity contribution is -0.384. The zero-order chi connectivity index (χ0) is 17.7. The van der Waals surface area contributed by atoms with Crippen molar-refractivity contribution >= 4 is 35.6 Å². The fourth-order valence-electron chi connectivity index (χ4n) is 2.63. The monoisotopic (exact) mass is 371 g/mol. The number of amides is 2. The van der Waals surface area contributed by atoms with Crippen molar-refractivity contribution in [1.82, 2.24) is 10.2 Å². The van der Waals surface area contributed by atoms with E-state index in [9.17, 15) is 19.7 Å². The number of nitro groups is 1. The summed E-state index contributed by atoms with van der Waals surface area (Å²) >= 11 is 0. The lowest BCUT2D eigenvalue weighted by Gasteiger charge is -2.35. The Bertz CT molecular complexity index is 647. The molecule has 1 heterocycles. The second-order valence-corrected chi connectivity index (χ2v) is 5.50. The molecule has 2 amide bonds. The summed E-state index contributed by atoms with van der Waals surface area (Å²) < 4.78 is 0. The smallest absolute Gasteiger partial charge is 0.293 e. The van der Waals surface area contributed by atoms with Crippen molar-refractivity contribution in [2.45, 2.75) is 6.92 Å². The highest BCUT2D eigenvalue weighted by Gasteiger charge is 2.25. The highest BCUT2D eigenvalue weighted by molar-refractivity contribution is 5.95. The van der Waals surface area contributed by atoms with Gasteiger partial charge in [-0.05, 0) is 12.1 Å². The van der Waals surface area contributed by atoms with Crippen LogP contribution in [-0.4, -0.2) is 60.9 Å². The molecule has 1 fully saturated rings. The van der Waals surface area contributed by atoms with E-state index in [2.05, 4.69) is 5.32 Å². The lowest BCUT2D eigenvalue weighted by atomic mass is 10.1. The molecule has 0 aliphatic carbocycles. The van der Waals surface area contributed by atoms with Gasteiger partial charge in [0.15, 0.2) is 0 Å². The number of hydrogen-bond donors (Lipinski definition) is 2. The molecule has 10 heteroatoms. The van der Waals surface area contributed by atoms with Gasteiger partial charge in [0, 0.05) is 57.8 Å². The number of nitro benzene ring substituents is 1. The first-order valence-corrected chi connectivity index (χ1v) is 7.71. The van der Waals surface area contributed by atoms with Gasteiger partial charge in [0.2, 0.25) is 5.91 Å². The van der Waals surface area contributed by atoms with Gasteiger partial charge in [-0.15, -0.1) is 12.4 Å². The fraction of sp³-hybridized carbons (Fsp3) is 0.467. The summed E-state index contributed by atoms with van der Waals surface area (Å²) in [5.41, 5.74) is 5.89. The molecule has 1 aliphatic rings. The maximum absolute atomic E-state index is 11.9. The van der Waals surface area contributed by atoms with E-state index in [4.69, 9.17) is 5.73 Å². The van der Waals surface area contributed by atoms with Crippen molar-refractivity contribution in [1.29, 1.82) is 0 Å². The predicted octanol–water partition coefficient (Wildman–Crippen LogP) is 0.374. The molecule has 25 heavy (non-hydrogen) atoms. The maximum Gasteiger partial charge on any atom is 0.293 e. The Kier molecular flexibility index (Phi) is 7.59. The third-order valence-corrected chi connectivity index (χ3v) is 3.93. The minimum absolute atomic E-state index is 0. The van der Waals surface area contributed by atoms with Crippen molar-refractivity contribution in [3.05, 3.63) is 33.9 Å². The van der Waals surface area contributed by atoms with Crippen molar-refractivity contribution in [2.75, 3.05) is 44.2 Å². The highest BCUT2D eigenvalue weighted by atomic mass is 35.5. The number of piperazine rings is 1. The summed E-state index contributed by atoms with van der Waals surface area (Å²) in [5.74, 6) is -0.396. The van der Waals surface area contributed by atoms with Crippen molar-refractivity contribution in [2.24, 2.45) is 5.73 Å². The number of nitrogens with two attached hydrogens (primary N) is 1. The molecule has 0 saturated carbocycles. The molecule has 0 bridgehead atoms. The normalized spacial score (nSPS) is 13.8. The Morgan fingerprint density at radius 2 is 1.92 bits per heavy atom. The third kappa shape index (κ3) is 5.04. The molecule has 0 unspecified atom stereocenters. The zero-order valence-electron chi connectivity index (χ0n) is 13.9. The number of rotatable bonds is 5. The van der Waals surface area contributed by atoms with E-state index in [0.717, 1.165) is 0 Å². The number of carbonyl (C=O) groups excluding carboxylic acids is 2. The Labute approximate surface area is 151 Å². The molecule has 0 spiro atoms. The summed E-state index contributed by atoms with van der Waals surface area (Å²) in [4.78, 5) is 37.8. The van der Waals surface area contributed by atoms with Gasteiger partial charge in [0.05, 0.1) is 4.92 Å². The Balaban J connectivity index is 0.00000312. The van der Waals surface area contributed by atoms with Crippen LogP contribution in [0.25, 0.3) is 0 Å². The quantitative estimate of drug-likeness (QED) is 0.569. The van der Waals surface area contributed by atoms with Gasteiger partial charge in [-0.25, -0.2) is 0 Å². The molecule has 138 valence electrons. The summed E-state index contributed by atoms with van der Waals surface area (Å²) in [5, 5.41) is 14.0. The van der Waals surface area contributed by atoms with E-state index in [1.165, 1.54) is 13.0 Å². The van der Waals surface area contributed by atoms with Crippen molar-refractivity contribution in [3.63, 3.8) is 0 Å². The fourth-order valence-corrected chi connectivity index (χ4v) is 2.63. The van der Waals surface area contributed by atoms with Crippen LogP contribution in [0.2, 0.25) is 0 Å². The average Bonchev–Trinajstić information content (AvgIpc) is 2.59. The van der Waals surface area contributed by atoms with Gasteiger partial charge < -0.3 is 20.9 Å². The highest BCUT2D eigenvalue weighted by Crippen LogP contribution is 2.30. The number of anilines is 1. The molecule has 0 radical (unpaired) electrons. The zero-order valence-corrected chi connectivity index (χ0v) is 14.8. The molecule has 1 saturated heterocycles. The molecule has 1 aromatic carbocycles. The number of hydrogen-bond acceptors (Lipinski definition) is 6. The molecule has 1 aromatic rings. The van der Waals surface area contributed by atoms with Gasteiger partial charge in [0.1, 0.15) is 5.69 Å². The van der Waals surface area contributed by atoms with Crippen LogP contribution in [0.1, 0.15) is 17.3 Å². The first-order valence-electron chi connectivity index (χ1n) is 7.71. The number of nitrogens with zero attached hydrogens (tertiary/aromatic N) is 3. The van der Waals surface area contributed by atoms with Crippen LogP contribution >= 0.6 is 12.4 Å². The third-order valence-electron chi connectivity index (χ3n) is 3.93. The molecule has 1 aliphatic heterocycles. The summed E-state index contributed by atoms with van der Waals surface area (Å²) in [6.45, 7) is 4.18. The first-order chi connectivity index (χ1) is 11.4. The minimum atomic E-state index is -0.494. The first kappa shape index (κ1) is 20.7. The summed E-state index contributed by atoms with van der Waals surface area (Å²) in [7, 11) is 0. The molecule has 9 nitrogen and oxygen atoms in total. The van der Waals surface area contributed by atoms with Crippen LogP contribution in [0.5, 0.6) is 0 Å². The van der Waals surface area contributed by atoms with E-state index in [1.54, 1.807) is 17.0 Å². The number of halogens is 1. The van der Waals surface area contributed by atoms with E-state index in [1.807, 2.05) is 4.90 Å². The van der Waals surface area contributed by atoms with Crippen LogP contribution in [-0.2, 0) is 4.79 Å². The molecule has 0 atom stereocenters. The lowest BCUT2D eigenvalue weighted by Crippen LogP contribution is -2.48. The van der Waals surface area contributed by atoms with Crippen molar-refractivity contribution < 1.29 is 14.5 Å². The molecular formula is C15H22ClN5O4. The molecule has 2 rings (SSSR count). The second-order valence-electron chi connectivity index (χ2n) is 5.50.